The molecule has 1 amide bonds. The molecule has 3 N–H and O–H groups in total. The lowest BCUT2D eigenvalue weighted by Gasteiger charge is -2.17. The molecule has 18 heavy (non-hydrogen) atoms. The number of sulfone groups is 1. The Morgan fingerprint density at radius 3 is 2.56 bits per heavy atom. The molecule has 0 spiro atoms. The first-order valence-electron chi connectivity index (χ1n) is 5.54. The molecule has 0 aliphatic heterocycles. The molecule has 1 atom stereocenters. The van der Waals surface area contributed by atoms with Gasteiger partial charge in [0.2, 0.25) is 5.91 Å². The minimum Gasteiger partial charge on any atom is -0.381 e. The highest BCUT2D eigenvalue weighted by Crippen LogP contribution is 2.19. The second-order valence-corrected chi connectivity index (χ2v) is 6.67. The van der Waals surface area contributed by atoms with Crippen molar-refractivity contribution in [3.8, 4) is 0 Å². The first-order chi connectivity index (χ1) is 8.20. The van der Waals surface area contributed by atoms with Crippen LogP contribution in [-0.4, -0.2) is 32.4 Å². The predicted octanol–water partition coefficient (Wildman–Crippen LogP) is 0.939. The van der Waals surface area contributed by atoms with E-state index in [1.807, 2.05) is 0 Å². The van der Waals surface area contributed by atoms with Gasteiger partial charge in [-0.05, 0) is 31.5 Å². The van der Waals surface area contributed by atoms with Crippen LogP contribution in [0.1, 0.15) is 22.8 Å². The highest BCUT2D eigenvalue weighted by molar-refractivity contribution is 7.90. The average Bonchev–Trinajstić information content (AvgIpc) is 2.17. The summed E-state index contributed by atoms with van der Waals surface area (Å²) in [5.74, 6) is -0.459. The van der Waals surface area contributed by atoms with E-state index in [0.717, 1.165) is 11.3 Å². The fraction of sp³-hybridized carbons (Fsp3) is 0.417. The van der Waals surface area contributed by atoms with E-state index in [2.05, 4.69) is 5.32 Å². The van der Waals surface area contributed by atoms with Crippen molar-refractivity contribution < 1.29 is 13.2 Å². The molecule has 0 bridgehead atoms. The van der Waals surface area contributed by atoms with Crippen molar-refractivity contribution in [2.45, 2.75) is 19.9 Å². The Bertz CT molecular complexity index is 552. The van der Waals surface area contributed by atoms with Crippen LogP contribution in [0.25, 0.3) is 0 Å². The van der Waals surface area contributed by atoms with Crippen LogP contribution in [0.4, 0.5) is 5.69 Å². The molecule has 6 heteroatoms. The van der Waals surface area contributed by atoms with Crippen LogP contribution in [0.2, 0.25) is 0 Å². The first kappa shape index (κ1) is 14.5. The van der Waals surface area contributed by atoms with Crippen molar-refractivity contribution in [2.24, 2.45) is 5.73 Å². The van der Waals surface area contributed by atoms with Gasteiger partial charge in [-0.3, -0.25) is 4.79 Å². The maximum atomic E-state index is 11.2. The van der Waals surface area contributed by atoms with Crippen molar-refractivity contribution in [3.05, 3.63) is 29.3 Å². The van der Waals surface area contributed by atoms with Crippen molar-refractivity contribution >= 4 is 21.4 Å². The summed E-state index contributed by atoms with van der Waals surface area (Å²) >= 11 is 0. The Kier molecular flexibility index (Phi) is 4.34. The topological polar surface area (TPSA) is 89.3 Å². The van der Waals surface area contributed by atoms with E-state index in [1.54, 1.807) is 32.0 Å². The van der Waals surface area contributed by atoms with E-state index < -0.39 is 15.7 Å². The summed E-state index contributed by atoms with van der Waals surface area (Å²) in [6.45, 7) is 3.55. The molecule has 100 valence electrons. The fourth-order valence-corrected chi connectivity index (χ4v) is 2.81. The number of benzene rings is 1. The van der Waals surface area contributed by atoms with Crippen LogP contribution >= 0.6 is 0 Å². The second-order valence-electron chi connectivity index (χ2n) is 4.48. The zero-order chi connectivity index (χ0) is 13.9. The lowest BCUT2D eigenvalue weighted by atomic mass is 10.1. The highest BCUT2D eigenvalue weighted by Gasteiger charge is 2.13. The zero-order valence-electron chi connectivity index (χ0n) is 10.7. The summed E-state index contributed by atoms with van der Waals surface area (Å²) in [5, 5.41) is 3.08. The Labute approximate surface area is 107 Å². The van der Waals surface area contributed by atoms with Crippen molar-refractivity contribution in [1.82, 2.24) is 0 Å². The summed E-state index contributed by atoms with van der Waals surface area (Å²) in [6, 6.07) is 4.91. The van der Waals surface area contributed by atoms with Gasteiger partial charge in [0.25, 0.3) is 0 Å². The van der Waals surface area contributed by atoms with Gasteiger partial charge >= 0.3 is 0 Å². The molecule has 0 heterocycles. The molecule has 1 aromatic rings. The summed E-state index contributed by atoms with van der Waals surface area (Å²) < 4.78 is 22.4. The molecule has 0 aliphatic rings. The van der Waals surface area contributed by atoms with Gasteiger partial charge in [0.15, 0.2) is 0 Å². The molecule has 0 aromatic heterocycles. The summed E-state index contributed by atoms with van der Waals surface area (Å²) in [7, 11) is -3.04. The third-order valence-corrected chi connectivity index (χ3v) is 3.66. The van der Waals surface area contributed by atoms with Crippen LogP contribution in [-0.2, 0) is 9.84 Å². The van der Waals surface area contributed by atoms with Crippen LogP contribution in [0.15, 0.2) is 18.2 Å². The van der Waals surface area contributed by atoms with Gasteiger partial charge in [-0.2, -0.15) is 0 Å². The average molecular weight is 270 g/mol. The second kappa shape index (κ2) is 5.39. The largest absolute Gasteiger partial charge is 0.381 e. The van der Waals surface area contributed by atoms with E-state index >= 15 is 0 Å². The molecule has 0 aliphatic carbocycles. The molecule has 1 unspecified atom stereocenters. The van der Waals surface area contributed by atoms with Gasteiger partial charge in [0, 0.05) is 23.5 Å². The SMILES string of the molecule is Cc1c(NC(C)CS(C)(=O)=O)cccc1C(N)=O. The molecule has 0 radical (unpaired) electrons. The number of carbonyl (C=O) groups is 1. The maximum absolute atomic E-state index is 11.2. The van der Waals surface area contributed by atoms with Crippen LogP contribution in [0, 0.1) is 6.92 Å². The predicted molar refractivity (Wildman–Crippen MR) is 72.5 cm³/mol. The Morgan fingerprint density at radius 1 is 1.44 bits per heavy atom. The molecule has 1 rings (SSSR count). The van der Waals surface area contributed by atoms with Gasteiger partial charge in [-0.15, -0.1) is 0 Å². The van der Waals surface area contributed by atoms with E-state index in [0.29, 0.717) is 5.56 Å². The zero-order valence-corrected chi connectivity index (χ0v) is 11.5. The third-order valence-electron chi connectivity index (χ3n) is 2.55. The first-order valence-corrected chi connectivity index (χ1v) is 7.60. The third kappa shape index (κ3) is 4.03. The van der Waals surface area contributed by atoms with E-state index in [9.17, 15) is 13.2 Å². The van der Waals surface area contributed by atoms with Crippen LogP contribution in [0.3, 0.4) is 0 Å². The quantitative estimate of drug-likeness (QED) is 0.833. The minimum atomic E-state index is -3.04. The molecule has 1 aromatic carbocycles. The van der Waals surface area contributed by atoms with Crippen molar-refractivity contribution in [2.75, 3.05) is 17.3 Å². The molecular weight excluding hydrogens is 252 g/mol. The molecular formula is C12H18N2O3S. The van der Waals surface area contributed by atoms with E-state index in [4.69, 9.17) is 5.73 Å². The molecule has 0 fully saturated rings. The normalized spacial score (nSPS) is 13.1. The highest BCUT2D eigenvalue weighted by atomic mass is 32.2. The molecule has 5 nitrogen and oxygen atoms in total. The lowest BCUT2D eigenvalue weighted by Crippen LogP contribution is -2.25. The number of primary amides is 1. The van der Waals surface area contributed by atoms with E-state index in [-0.39, 0.29) is 11.8 Å². The number of nitrogens with one attached hydrogen (secondary N) is 1. The molecule has 0 saturated carbocycles. The Balaban J connectivity index is 2.92. The van der Waals surface area contributed by atoms with Gasteiger partial charge in [0.1, 0.15) is 9.84 Å². The maximum Gasteiger partial charge on any atom is 0.249 e. The summed E-state index contributed by atoms with van der Waals surface area (Å²) in [6.07, 6.45) is 1.19. The van der Waals surface area contributed by atoms with Crippen LogP contribution < -0.4 is 11.1 Å². The van der Waals surface area contributed by atoms with Crippen molar-refractivity contribution in [1.29, 1.82) is 0 Å². The Morgan fingerprint density at radius 2 is 2.06 bits per heavy atom. The number of rotatable bonds is 5. The van der Waals surface area contributed by atoms with Gasteiger partial charge in [-0.25, -0.2) is 8.42 Å². The standard InChI is InChI=1S/C12H18N2O3S/c1-8(7-18(3,16)17)14-11-6-4-5-10(9(11)2)12(13)15/h4-6,8,14H,7H2,1-3H3,(H2,13,15). The van der Waals surface area contributed by atoms with E-state index in [1.165, 1.54) is 6.26 Å². The monoisotopic (exact) mass is 270 g/mol. The van der Waals surface area contributed by atoms with Gasteiger partial charge < -0.3 is 11.1 Å². The number of hydrogen-bond acceptors (Lipinski definition) is 4. The Hall–Kier alpha value is -1.56. The summed E-state index contributed by atoms with van der Waals surface area (Å²) in [4.78, 5) is 11.2. The number of carbonyl (C=O) groups excluding carboxylic acids is 1. The molecule has 0 saturated heterocycles. The van der Waals surface area contributed by atoms with Gasteiger partial charge in [-0.1, -0.05) is 6.07 Å². The number of hydrogen-bond donors (Lipinski definition) is 2. The number of amides is 1. The lowest BCUT2D eigenvalue weighted by molar-refractivity contribution is 0.0999. The van der Waals surface area contributed by atoms with Gasteiger partial charge in [0.05, 0.1) is 5.75 Å². The summed E-state index contributed by atoms with van der Waals surface area (Å²) in [5.41, 5.74) is 7.14. The minimum absolute atomic E-state index is 0.0350. The number of anilines is 1. The smallest absolute Gasteiger partial charge is 0.249 e. The fourth-order valence-electron chi connectivity index (χ4n) is 1.82. The van der Waals surface area contributed by atoms with Crippen LogP contribution in [0.5, 0.6) is 0 Å². The number of nitrogens with two attached hydrogens (primary N) is 1. The van der Waals surface area contributed by atoms with Crippen molar-refractivity contribution in [3.63, 3.8) is 0 Å².